The van der Waals surface area contributed by atoms with Crippen molar-refractivity contribution in [3.8, 4) is 0 Å². The second-order valence-electron chi connectivity index (χ2n) is 4.94. The van der Waals surface area contributed by atoms with Crippen LogP contribution < -0.4 is 5.73 Å². The fraction of sp³-hybridized carbons (Fsp3) is 0.833. The van der Waals surface area contributed by atoms with Gasteiger partial charge in [0.1, 0.15) is 0 Å². The van der Waals surface area contributed by atoms with Crippen LogP contribution in [0.1, 0.15) is 39.0 Å². The molecule has 0 aromatic heterocycles. The van der Waals surface area contributed by atoms with Gasteiger partial charge < -0.3 is 15.4 Å². The highest BCUT2D eigenvalue weighted by Gasteiger charge is 2.40. The van der Waals surface area contributed by atoms with Crippen LogP contribution in [-0.2, 0) is 9.53 Å². The van der Waals surface area contributed by atoms with Crippen molar-refractivity contribution in [2.45, 2.75) is 50.7 Å². The van der Waals surface area contributed by atoms with Gasteiger partial charge in [-0.05, 0) is 26.2 Å². The number of nitrogens with two attached hydrogens (primary N) is 1. The quantitative estimate of drug-likeness (QED) is 0.733. The molecule has 1 unspecified atom stereocenters. The van der Waals surface area contributed by atoms with Gasteiger partial charge >= 0.3 is 0 Å². The van der Waals surface area contributed by atoms with E-state index in [4.69, 9.17) is 22.7 Å². The van der Waals surface area contributed by atoms with Crippen molar-refractivity contribution in [1.29, 1.82) is 0 Å². The van der Waals surface area contributed by atoms with Gasteiger partial charge in [0.15, 0.2) is 0 Å². The van der Waals surface area contributed by atoms with Gasteiger partial charge in [-0.2, -0.15) is 0 Å². The summed E-state index contributed by atoms with van der Waals surface area (Å²) in [4.78, 5) is 14.3. The van der Waals surface area contributed by atoms with Gasteiger partial charge in [0, 0.05) is 26.6 Å². The summed E-state index contributed by atoms with van der Waals surface area (Å²) < 4.78 is 5.46. The highest BCUT2D eigenvalue weighted by atomic mass is 32.1. The van der Waals surface area contributed by atoms with Crippen molar-refractivity contribution in [3.05, 3.63) is 0 Å². The number of carbonyl (C=O) groups excluding carboxylic acids is 1. The van der Waals surface area contributed by atoms with Crippen LogP contribution in [0.25, 0.3) is 0 Å². The van der Waals surface area contributed by atoms with Crippen LogP contribution in [0.4, 0.5) is 0 Å². The van der Waals surface area contributed by atoms with E-state index < -0.39 is 0 Å². The van der Waals surface area contributed by atoms with Crippen molar-refractivity contribution >= 4 is 23.1 Å². The molecule has 1 saturated carbocycles. The number of carbonyl (C=O) groups is 1. The van der Waals surface area contributed by atoms with Crippen LogP contribution in [-0.4, -0.2) is 41.6 Å². The van der Waals surface area contributed by atoms with E-state index in [1.54, 1.807) is 19.1 Å². The van der Waals surface area contributed by atoms with Crippen molar-refractivity contribution < 1.29 is 9.53 Å². The van der Waals surface area contributed by atoms with E-state index in [1.165, 1.54) is 0 Å². The Kier molecular flexibility index (Phi) is 4.89. The standard InChI is InChI=1S/C12H22N2O2S/c1-9(7-10(13)17)14(2)11(15)8-12(16-3)5-4-6-12/h9H,4-8H2,1-3H3,(H2,13,17). The maximum atomic E-state index is 12.1. The first-order valence-corrected chi connectivity index (χ1v) is 6.40. The minimum absolute atomic E-state index is 0.0500. The molecule has 4 nitrogen and oxygen atoms in total. The summed E-state index contributed by atoms with van der Waals surface area (Å²) in [6, 6.07) is 0.0500. The number of rotatable bonds is 6. The van der Waals surface area contributed by atoms with Crippen LogP contribution >= 0.6 is 12.2 Å². The molecule has 0 radical (unpaired) electrons. The monoisotopic (exact) mass is 258 g/mol. The molecule has 0 aromatic rings. The molecular weight excluding hydrogens is 236 g/mol. The minimum atomic E-state index is -0.214. The fourth-order valence-electron chi connectivity index (χ4n) is 2.10. The second kappa shape index (κ2) is 5.78. The minimum Gasteiger partial charge on any atom is -0.393 e. The summed E-state index contributed by atoms with van der Waals surface area (Å²) in [5.74, 6) is 0.107. The van der Waals surface area contributed by atoms with Crippen molar-refractivity contribution in [3.63, 3.8) is 0 Å². The van der Waals surface area contributed by atoms with Gasteiger partial charge in [0.25, 0.3) is 0 Å². The molecule has 0 heterocycles. The molecule has 5 heteroatoms. The van der Waals surface area contributed by atoms with E-state index >= 15 is 0 Å². The van der Waals surface area contributed by atoms with Gasteiger partial charge in [-0.25, -0.2) is 0 Å². The Morgan fingerprint density at radius 2 is 2.18 bits per heavy atom. The van der Waals surface area contributed by atoms with Crippen LogP contribution in [0.5, 0.6) is 0 Å². The molecule has 1 aliphatic carbocycles. The lowest BCUT2D eigenvalue weighted by Gasteiger charge is -2.41. The van der Waals surface area contributed by atoms with Gasteiger partial charge in [-0.1, -0.05) is 12.2 Å². The molecule has 0 spiro atoms. The Morgan fingerprint density at radius 3 is 2.53 bits per heavy atom. The summed E-state index contributed by atoms with van der Waals surface area (Å²) >= 11 is 4.86. The van der Waals surface area contributed by atoms with Crippen LogP contribution in [0.2, 0.25) is 0 Å². The molecule has 1 atom stereocenters. The summed E-state index contributed by atoms with van der Waals surface area (Å²) in [5.41, 5.74) is 5.28. The van der Waals surface area contributed by atoms with E-state index in [2.05, 4.69) is 0 Å². The largest absolute Gasteiger partial charge is 0.393 e. The lowest BCUT2D eigenvalue weighted by atomic mass is 9.77. The zero-order valence-corrected chi connectivity index (χ0v) is 11.7. The van der Waals surface area contributed by atoms with Crippen molar-refractivity contribution in [2.24, 2.45) is 5.73 Å². The first-order chi connectivity index (χ1) is 7.90. The summed E-state index contributed by atoms with van der Waals surface area (Å²) in [5, 5.41) is 0. The maximum Gasteiger partial charge on any atom is 0.225 e. The van der Waals surface area contributed by atoms with Crippen molar-refractivity contribution in [2.75, 3.05) is 14.2 Å². The molecule has 1 amide bonds. The highest BCUT2D eigenvalue weighted by molar-refractivity contribution is 7.80. The highest BCUT2D eigenvalue weighted by Crippen LogP contribution is 2.38. The number of amides is 1. The van der Waals surface area contributed by atoms with Crippen LogP contribution in [0, 0.1) is 0 Å². The third-order valence-electron chi connectivity index (χ3n) is 3.72. The maximum absolute atomic E-state index is 12.1. The molecule has 1 fully saturated rings. The topological polar surface area (TPSA) is 55.6 Å². The zero-order chi connectivity index (χ0) is 13.1. The van der Waals surface area contributed by atoms with E-state index in [1.807, 2.05) is 6.92 Å². The summed E-state index contributed by atoms with van der Waals surface area (Å²) in [6.07, 6.45) is 4.13. The molecule has 0 aromatic carbocycles. The SMILES string of the molecule is COC1(CC(=O)N(C)C(C)CC(N)=S)CCC1. The Balaban J connectivity index is 2.48. The Labute approximate surface area is 108 Å². The van der Waals surface area contributed by atoms with E-state index in [0.29, 0.717) is 17.8 Å². The Morgan fingerprint density at radius 1 is 1.59 bits per heavy atom. The first kappa shape index (κ1) is 14.4. The predicted molar refractivity (Wildman–Crippen MR) is 71.8 cm³/mol. The molecule has 17 heavy (non-hydrogen) atoms. The van der Waals surface area contributed by atoms with Gasteiger partial charge in [0.05, 0.1) is 17.0 Å². The van der Waals surface area contributed by atoms with Gasteiger partial charge in [-0.3, -0.25) is 4.79 Å². The zero-order valence-electron chi connectivity index (χ0n) is 10.9. The number of thiocarbonyl (C=S) groups is 1. The van der Waals surface area contributed by atoms with Crippen molar-refractivity contribution in [1.82, 2.24) is 4.90 Å². The Hall–Kier alpha value is -0.680. The van der Waals surface area contributed by atoms with E-state index in [0.717, 1.165) is 19.3 Å². The van der Waals surface area contributed by atoms with Gasteiger partial charge in [0.2, 0.25) is 5.91 Å². The predicted octanol–water partition coefficient (Wildman–Crippen LogP) is 1.47. The molecule has 2 N–H and O–H groups in total. The smallest absolute Gasteiger partial charge is 0.225 e. The molecule has 1 rings (SSSR count). The van der Waals surface area contributed by atoms with Crippen LogP contribution in [0.15, 0.2) is 0 Å². The number of hydrogen-bond donors (Lipinski definition) is 1. The molecular formula is C12H22N2O2S. The summed E-state index contributed by atoms with van der Waals surface area (Å²) in [6.45, 7) is 1.96. The number of nitrogens with zero attached hydrogens (tertiary/aromatic N) is 1. The molecule has 0 saturated heterocycles. The van der Waals surface area contributed by atoms with Gasteiger partial charge in [-0.15, -0.1) is 0 Å². The first-order valence-electron chi connectivity index (χ1n) is 5.99. The lowest BCUT2D eigenvalue weighted by Crippen LogP contribution is -2.46. The third kappa shape index (κ3) is 3.64. The molecule has 0 bridgehead atoms. The molecule has 0 aliphatic heterocycles. The molecule has 98 valence electrons. The van der Waals surface area contributed by atoms with E-state index in [-0.39, 0.29) is 17.6 Å². The van der Waals surface area contributed by atoms with Crippen LogP contribution in [0.3, 0.4) is 0 Å². The third-order valence-corrected chi connectivity index (χ3v) is 3.89. The average molecular weight is 258 g/mol. The number of ether oxygens (including phenoxy) is 1. The normalized spacial score (nSPS) is 19.2. The number of methoxy groups -OCH3 is 1. The average Bonchev–Trinajstić information content (AvgIpc) is 2.21. The van der Waals surface area contributed by atoms with E-state index in [9.17, 15) is 4.79 Å². The summed E-state index contributed by atoms with van der Waals surface area (Å²) in [7, 11) is 3.48. The fourth-order valence-corrected chi connectivity index (χ4v) is 2.34. The molecule has 1 aliphatic rings. The lowest BCUT2D eigenvalue weighted by molar-refractivity contribution is -0.144. The Bertz CT molecular complexity index is 297. The number of hydrogen-bond acceptors (Lipinski definition) is 3. The second-order valence-corrected chi connectivity index (χ2v) is 5.47.